The standard InChI is InChI=1S/C22H23FN4O/c1-3-27(15-17-9-5-4-6-10-17)22(28)20-13-21(26-16(2)25-20)24-14-18-11-7-8-12-19(18)23/h4-13H,3,14-15H2,1-2H3,(H,24,25,26). The van der Waals surface area contributed by atoms with Crippen LogP contribution >= 0.6 is 0 Å². The molecule has 3 aromatic rings. The summed E-state index contributed by atoms with van der Waals surface area (Å²) in [6.07, 6.45) is 0. The lowest BCUT2D eigenvalue weighted by atomic mass is 10.2. The summed E-state index contributed by atoms with van der Waals surface area (Å²) in [5.41, 5.74) is 1.91. The SMILES string of the molecule is CCN(Cc1ccccc1)C(=O)c1cc(NCc2ccccc2F)nc(C)n1. The molecular weight excluding hydrogens is 355 g/mol. The lowest BCUT2D eigenvalue weighted by Gasteiger charge is -2.21. The highest BCUT2D eigenvalue weighted by Gasteiger charge is 2.17. The second kappa shape index (κ2) is 9.08. The molecule has 0 saturated carbocycles. The number of nitrogens with zero attached hydrogens (tertiary/aromatic N) is 3. The third kappa shape index (κ3) is 4.91. The first-order valence-corrected chi connectivity index (χ1v) is 9.23. The van der Waals surface area contributed by atoms with Crippen LogP contribution in [0.4, 0.5) is 10.2 Å². The van der Waals surface area contributed by atoms with Crippen LogP contribution in [0.25, 0.3) is 0 Å². The Morgan fingerprint density at radius 1 is 1.07 bits per heavy atom. The second-order valence-electron chi connectivity index (χ2n) is 6.44. The molecule has 0 bridgehead atoms. The summed E-state index contributed by atoms with van der Waals surface area (Å²) in [6, 6.07) is 18.0. The lowest BCUT2D eigenvalue weighted by molar-refractivity contribution is 0.0746. The summed E-state index contributed by atoms with van der Waals surface area (Å²) >= 11 is 0. The predicted molar refractivity (Wildman–Crippen MR) is 107 cm³/mol. The normalized spacial score (nSPS) is 10.5. The maximum atomic E-state index is 13.8. The second-order valence-corrected chi connectivity index (χ2v) is 6.44. The third-order valence-electron chi connectivity index (χ3n) is 4.36. The molecule has 0 spiro atoms. The van der Waals surface area contributed by atoms with Crippen LogP contribution in [-0.2, 0) is 13.1 Å². The van der Waals surface area contributed by atoms with E-state index in [0.717, 1.165) is 5.56 Å². The van der Waals surface area contributed by atoms with Crippen molar-refractivity contribution in [3.8, 4) is 0 Å². The van der Waals surface area contributed by atoms with Crippen molar-refractivity contribution in [1.29, 1.82) is 0 Å². The first kappa shape index (κ1) is 19.5. The van der Waals surface area contributed by atoms with E-state index in [9.17, 15) is 9.18 Å². The maximum Gasteiger partial charge on any atom is 0.272 e. The fourth-order valence-electron chi connectivity index (χ4n) is 2.89. The topological polar surface area (TPSA) is 58.1 Å². The van der Waals surface area contributed by atoms with Gasteiger partial charge in [-0.25, -0.2) is 14.4 Å². The molecule has 3 rings (SSSR count). The van der Waals surface area contributed by atoms with E-state index in [0.29, 0.717) is 36.0 Å². The highest BCUT2D eigenvalue weighted by molar-refractivity contribution is 5.93. The molecule has 1 aromatic heterocycles. The fraction of sp³-hybridized carbons (Fsp3) is 0.227. The van der Waals surface area contributed by atoms with E-state index in [1.165, 1.54) is 6.07 Å². The number of nitrogens with one attached hydrogen (secondary N) is 1. The molecule has 2 aromatic carbocycles. The van der Waals surface area contributed by atoms with Crippen molar-refractivity contribution < 1.29 is 9.18 Å². The molecule has 0 aliphatic heterocycles. The van der Waals surface area contributed by atoms with Gasteiger partial charge in [-0.05, 0) is 25.5 Å². The summed E-state index contributed by atoms with van der Waals surface area (Å²) in [7, 11) is 0. The fourth-order valence-corrected chi connectivity index (χ4v) is 2.89. The summed E-state index contributed by atoms with van der Waals surface area (Å²) in [5.74, 6) is 0.537. The molecule has 0 unspecified atom stereocenters. The third-order valence-corrected chi connectivity index (χ3v) is 4.36. The van der Waals surface area contributed by atoms with Crippen molar-refractivity contribution in [2.24, 2.45) is 0 Å². The van der Waals surface area contributed by atoms with Gasteiger partial charge in [-0.1, -0.05) is 48.5 Å². The zero-order chi connectivity index (χ0) is 19.9. The number of hydrogen-bond acceptors (Lipinski definition) is 4. The number of aryl methyl sites for hydroxylation is 1. The number of aromatic nitrogens is 2. The molecule has 144 valence electrons. The molecule has 0 fully saturated rings. The van der Waals surface area contributed by atoms with Gasteiger partial charge in [0.1, 0.15) is 23.2 Å². The Labute approximate surface area is 164 Å². The average molecular weight is 378 g/mol. The van der Waals surface area contributed by atoms with Gasteiger partial charge in [0.15, 0.2) is 0 Å². The van der Waals surface area contributed by atoms with Crippen LogP contribution in [0.15, 0.2) is 60.7 Å². The van der Waals surface area contributed by atoms with Gasteiger partial charge < -0.3 is 10.2 Å². The van der Waals surface area contributed by atoms with E-state index in [1.807, 2.05) is 37.3 Å². The minimum Gasteiger partial charge on any atom is -0.366 e. The summed E-state index contributed by atoms with van der Waals surface area (Å²) in [4.78, 5) is 23.3. The van der Waals surface area contributed by atoms with Crippen LogP contribution in [-0.4, -0.2) is 27.3 Å². The zero-order valence-electron chi connectivity index (χ0n) is 16.0. The molecule has 0 atom stereocenters. The van der Waals surface area contributed by atoms with E-state index >= 15 is 0 Å². The molecule has 28 heavy (non-hydrogen) atoms. The number of amides is 1. The van der Waals surface area contributed by atoms with Crippen LogP contribution in [0.3, 0.4) is 0 Å². The smallest absolute Gasteiger partial charge is 0.272 e. The van der Waals surface area contributed by atoms with E-state index < -0.39 is 0 Å². The highest BCUT2D eigenvalue weighted by Crippen LogP contribution is 2.14. The van der Waals surface area contributed by atoms with Crippen LogP contribution in [0.2, 0.25) is 0 Å². The molecule has 1 amide bonds. The average Bonchev–Trinajstić information content (AvgIpc) is 2.71. The summed E-state index contributed by atoms with van der Waals surface area (Å²) in [6.45, 7) is 5.02. The predicted octanol–water partition coefficient (Wildman–Crippen LogP) is 4.20. The Hall–Kier alpha value is -3.28. The van der Waals surface area contributed by atoms with Crippen LogP contribution < -0.4 is 5.32 Å². The van der Waals surface area contributed by atoms with E-state index in [2.05, 4.69) is 15.3 Å². The van der Waals surface area contributed by atoms with Crippen molar-refractivity contribution in [3.63, 3.8) is 0 Å². The Kier molecular flexibility index (Phi) is 6.32. The Bertz CT molecular complexity index is 946. The molecule has 0 aliphatic rings. The molecule has 1 heterocycles. The maximum absolute atomic E-state index is 13.8. The van der Waals surface area contributed by atoms with Gasteiger partial charge >= 0.3 is 0 Å². The number of carbonyl (C=O) groups is 1. The number of rotatable bonds is 7. The minimum atomic E-state index is -0.280. The van der Waals surface area contributed by atoms with Crippen LogP contribution in [0.5, 0.6) is 0 Å². The number of halogens is 1. The largest absolute Gasteiger partial charge is 0.366 e. The summed E-state index contributed by atoms with van der Waals surface area (Å²) < 4.78 is 13.8. The van der Waals surface area contributed by atoms with Gasteiger partial charge in [-0.2, -0.15) is 0 Å². The first-order chi connectivity index (χ1) is 13.6. The van der Waals surface area contributed by atoms with E-state index in [4.69, 9.17) is 0 Å². The Balaban J connectivity index is 1.75. The summed E-state index contributed by atoms with van der Waals surface area (Å²) in [5, 5.41) is 3.08. The minimum absolute atomic E-state index is 0.161. The molecule has 0 radical (unpaired) electrons. The van der Waals surface area contributed by atoms with Crippen molar-refractivity contribution in [2.45, 2.75) is 26.9 Å². The monoisotopic (exact) mass is 378 g/mol. The number of benzene rings is 2. The lowest BCUT2D eigenvalue weighted by Crippen LogP contribution is -2.31. The molecule has 6 heteroatoms. The quantitative estimate of drug-likeness (QED) is 0.669. The molecule has 1 N–H and O–H groups in total. The first-order valence-electron chi connectivity index (χ1n) is 9.23. The van der Waals surface area contributed by atoms with Gasteiger partial charge in [-0.3, -0.25) is 4.79 Å². The van der Waals surface area contributed by atoms with Gasteiger partial charge in [-0.15, -0.1) is 0 Å². The van der Waals surface area contributed by atoms with Crippen molar-refractivity contribution in [1.82, 2.24) is 14.9 Å². The van der Waals surface area contributed by atoms with Gasteiger partial charge in [0.25, 0.3) is 5.91 Å². The number of carbonyl (C=O) groups excluding carboxylic acids is 1. The Morgan fingerprint density at radius 3 is 2.50 bits per heavy atom. The van der Waals surface area contributed by atoms with Crippen LogP contribution in [0.1, 0.15) is 34.4 Å². The van der Waals surface area contributed by atoms with Crippen molar-refractivity contribution in [2.75, 3.05) is 11.9 Å². The number of hydrogen-bond donors (Lipinski definition) is 1. The van der Waals surface area contributed by atoms with Crippen molar-refractivity contribution in [3.05, 3.63) is 89.1 Å². The van der Waals surface area contributed by atoms with Gasteiger partial charge in [0, 0.05) is 31.3 Å². The van der Waals surface area contributed by atoms with E-state index in [1.54, 1.807) is 36.1 Å². The molecular formula is C22H23FN4O. The van der Waals surface area contributed by atoms with Crippen LogP contribution in [0, 0.1) is 12.7 Å². The highest BCUT2D eigenvalue weighted by atomic mass is 19.1. The van der Waals surface area contributed by atoms with Gasteiger partial charge in [0.05, 0.1) is 0 Å². The molecule has 0 aliphatic carbocycles. The molecule has 0 saturated heterocycles. The number of anilines is 1. The van der Waals surface area contributed by atoms with E-state index in [-0.39, 0.29) is 18.3 Å². The Morgan fingerprint density at radius 2 is 1.79 bits per heavy atom. The molecule has 5 nitrogen and oxygen atoms in total. The van der Waals surface area contributed by atoms with Gasteiger partial charge in [0.2, 0.25) is 0 Å². The zero-order valence-corrected chi connectivity index (χ0v) is 16.0. The van der Waals surface area contributed by atoms with Crippen molar-refractivity contribution >= 4 is 11.7 Å².